The van der Waals surface area contributed by atoms with Crippen LogP contribution < -0.4 is 10.6 Å². The Morgan fingerprint density at radius 1 is 0.926 bits per heavy atom. The van der Waals surface area contributed by atoms with Crippen LogP contribution >= 0.6 is 0 Å². The molecule has 2 N–H and O–H groups in total. The highest BCUT2D eigenvalue weighted by Gasteiger charge is 2.07. The average Bonchev–Trinajstić information content (AvgIpc) is 2.71. The minimum atomic E-state index is -0.194. The lowest BCUT2D eigenvalue weighted by molar-refractivity contribution is 0.0947. The van der Waals surface area contributed by atoms with Gasteiger partial charge in [-0.3, -0.25) is 4.79 Å². The summed E-state index contributed by atoms with van der Waals surface area (Å²) >= 11 is 0. The summed E-state index contributed by atoms with van der Waals surface area (Å²) < 4.78 is 0. The zero-order chi connectivity index (χ0) is 18.9. The van der Waals surface area contributed by atoms with Gasteiger partial charge in [0.1, 0.15) is 5.82 Å². The fourth-order valence-electron chi connectivity index (χ4n) is 2.79. The first-order chi connectivity index (χ1) is 13.2. The molecule has 2 aromatic carbocycles. The van der Waals surface area contributed by atoms with Gasteiger partial charge in [-0.2, -0.15) is 0 Å². The molecule has 0 aliphatic heterocycles. The lowest BCUT2D eigenvalue weighted by Crippen LogP contribution is -2.26. The Balaban J connectivity index is 1.43. The second-order valence-corrected chi connectivity index (χ2v) is 6.49. The van der Waals surface area contributed by atoms with Crippen molar-refractivity contribution >= 4 is 11.7 Å². The fraction of sp³-hybridized carbons (Fsp3) is 0.227. The highest BCUT2D eigenvalue weighted by molar-refractivity contribution is 5.92. The van der Waals surface area contributed by atoms with E-state index in [1.165, 1.54) is 16.7 Å². The molecule has 0 aliphatic carbocycles. The van der Waals surface area contributed by atoms with Gasteiger partial charge in [-0.25, -0.2) is 0 Å². The third kappa shape index (κ3) is 5.92. The third-order valence-electron chi connectivity index (χ3n) is 4.22. The van der Waals surface area contributed by atoms with Gasteiger partial charge in [0, 0.05) is 13.1 Å². The Bertz CT molecular complexity index is 863. The monoisotopic (exact) mass is 360 g/mol. The first kappa shape index (κ1) is 18.6. The number of carbonyl (C=O) groups is 1. The van der Waals surface area contributed by atoms with Gasteiger partial charge in [0.05, 0.1) is 0 Å². The van der Waals surface area contributed by atoms with Gasteiger partial charge >= 0.3 is 0 Å². The first-order valence-corrected chi connectivity index (χ1v) is 9.16. The van der Waals surface area contributed by atoms with Crippen molar-refractivity contribution in [2.24, 2.45) is 0 Å². The van der Waals surface area contributed by atoms with Gasteiger partial charge < -0.3 is 10.6 Å². The highest BCUT2D eigenvalue weighted by Crippen LogP contribution is 2.08. The Morgan fingerprint density at radius 3 is 2.48 bits per heavy atom. The standard InChI is InChI=1S/C22H24N4O/c1-17-7-5-10-19(15-17)16-24-21-13-12-20(25-26-21)22(27)23-14-6-11-18-8-3-2-4-9-18/h2-5,7-10,12-13,15H,6,11,14,16H2,1H3,(H,23,27)(H,24,26). The van der Waals surface area contributed by atoms with Crippen molar-refractivity contribution in [3.8, 4) is 0 Å². The number of rotatable bonds is 8. The maximum absolute atomic E-state index is 12.2. The van der Waals surface area contributed by atoms with Crippen LogP contribution in [0.15, 0.2) is 66.7 Å². The molecule has 1 heterocycles. The number of hydrogen-bond acceptors (Lipinski definition) is 4. The summed E-state index contributed by atoms with van der Waals surface area (Å²) in [6.45, 7) is 3.35. The highest BCUT2D eigenvalue weighted by atomic mass is 16.1. The van der Waals surface area contributed by atoms with Crippen molar-refractivity contribution in [3.63, 3.8) is 0 Å². The topological polar surface area (TPSA) is 66.9 Å². The summed E-state index contributed by atoms with van der Waals surface area (Å²) in [6, 6.07) is 22.0. The minimum Gasteiger partial charge on any atom is -0.365 e. The number of amides is 1. The molecule has 3 rings (SSSR count). The number of hydrogen-bond donors (Lipinski definition) is 2. The van der Waals surface area contributed by atoms with Crippen LogP contribution in [0.5, 0.6) is 0 Å². The van der Waals surface area contributed by atoms with Crippen LogP contribution in [0.2, 0.25) is 0 Å². The SMILES string of the molecule is Cc1cccc(CNc2ccc(C(=O)NCCCc3ccccc3)nn2)c1. The van der Waals surface area contributed by atoms with Crippen molar-refractivity contribution in [2.45, 2.75) is 26.3 Å². The molecule has 0 fully saturated rings. The number of nitrogens with zero attached hydrogens (tertiary/aromatic N) is 2. The fourth-order valence-corrected chi connectivity index (χ4v) is 2.79. The van der Waals surface area contributed by atoms with Crippen molar-refractivity contribution in [2.75, 3.05) is 11.9 Å². The van der Waals surface area contributed by atoms with E-state index >= 15 is 0 Å². The van der Waals surface area contributed by atoms with Crippen LogP contribution in [0.3, 0.4) is 0 Å². The van der Waals surface area contributed by atoms with Gasteiger partial charge in [-0.1, -0.05) is 60.2 Å². The molecular formula is C22H24N4O. The van der Waals surface area contributed by atoms with Crippen LogP contribution in [0, 0.1) is 6.92 Å². The van der Waals surface area contributed by atoms with Crippen molar-refractivity contribution in [1.29, 1.82) is 0 Å². The number of nitrogens with one attached hydrogen (secondary N) is 2. The van der Waals surface area contributed by atoms with Gasteiger partial charge in [-0.15, -0.1) is 10.2 Å². The number of benzene rings is 2. The Morgan fingerprint density at radius 2 is 1.74 bits per heavy atom. The van der Waals surface area contributed by atoms with E-state index in [1.54, 1.807) is 12.1 Å². The van der Waals surface area contributed by atoms with Gasteiger partial charge in [0.2, 0.25) is 0 Å². The van der Waals surface area contributed by atoms with E-state index in [0.717, 1.165) is 12.8 Å². The number of carbonyl (C=O) groups excluding carboxylic acids is 1. The van der Waals surface area contributed by atoms with Crippen LogP contribution in [0.25, 0.3) is 0 Å². The van der Waals surface area contributed by atoms with Crippen LogP contribution in [0.1, 0.15) is 33.6 Å². The molecule has 0 unspecified atom stereocenters. The van der Waals surface area contributed by atoms with Crippen molar-refractivity contribution in [3.05, 3.63) is 89.1 Å². The second-order valence-electron chi connectivity index (χ2n) is 6.49. The molecule has 1 aromatic heterocycles. The average molecular weight is 360 g/mol. The van der Waals surface area contributed by atoms with E-state index < -0.39 is 0 Å². The molecule has 0 aliphatic rings. The summed E-state index contributed by atoms with van der Waals surface area (Å²) in [5, 5.41) is 14.2. The van der Waals surface area contributed by atoms with E-state index in [4.69, 9.17) is 0 Å². The number of aryl methyl sites for hydroxylation is 2. The molecule has 27 heavy (non-hydrogen) atoms. The molecular weight excluding hydrogens is 336 g/mol. The lowest BCUT2D eigenvalue weighted by Gasteiger charge is -2.07. The zero-order valence-electron chi connectivity index (χ0n) is 15.5. The molecule has 0 atom stereocenters. The molecule has 3 aromatic rings. The molecule has 5 heteroatoms. The van der Waals surface area contributed by atoms with Crippen molar-refractivity contribution < 1.29 is 4.79 Å². The third-order valence-corrected chi connectivity index (χ3v) is 4.22. The van der Waals surface area contributed by atoms with Crippen LogP contribution in [0.4, 0.5) is 5.82 Å². The summed E-state index contributed by atoms with van der Waals surface area (Å²) in [6.07, 6.45) is 1.83. The van der Waals surface area contributed by atoms with E-state index in [2.05, 4.69) is 58.1 Å². The molecule has 0 saturated carbocycles. The maximum Gasteiger partial charge on any atom is 0.271 e. The summed E-state index contributed by atoms with van der Waals surface area (Å²) in [4.78, 5) is 12.2. The number of anilines is 1. The van der Waals surface area contributed by atoms with E-state index in [0.29, 0.717) is 24.6 Å². The maximum atomic E-state index is 12.2. The first-order valence-electron chi connectivity index (χ1n) is 9.16. The Labute approximate surface area is 159 Å². The Hall–Kier alpha value is -3.21. The molecule has 0 spiro atoms. The smallest absolute Gasteiger partial charge is 0.271 e. The molecule has 0 saturated heterocycles. The molecule has 138 valence electrons. The Kier molecular flexibility index (Phi) is 6.52. The quantitative estimate of drug-likeness (QED) is 0.600. The largest absolute Gasteiger partial charge is 0.365 e. The second kappa shape index (κ2) is 9.48. The molecule has 0 bridgehead atoms. The predicted molar refractivity (Wildman–Crippen MR) is 108 cm³/mol. The zero-order valence-corrected chi connectivity index (χ0v) is 15.5. The van der Waals surface area contributed by atoms with Gasteiger partial charge in [0.25, 0.3) is 5.91 Å². The van der Waals surface area contributed by atoms with Crippen molar-refractivity contribution in [1.82, 2.24) is 15.5 Å². The van der Waals surface area contributed by atoms with E-state index in [9.17, 15) is 4.79 Å². The minimum absolute atomic E-state index is 0.194. The van der Waals surface area contributed by atoms with E-state index in [1.807, 2.05) is 24.3 Å². The summed E-state index contributed by atoms with van der Waals surface area (Å²) in [5.74, 6) is 0.456. The molecule has 0 radical (unpaired) electrons. The summed E-state index contributed by atoms with van der Waals surface area (Å²) in [7, 11) is 0. The number of aromatic nitrogens is 2. The lowest BCUT2D eigenvalue weighted by atomic mass is 10.1. The van der Waals surface area contributed by atoms with Crippen LogP contribution in [-0.4, -0.2) is 22.6 Å². The molecule has 1 amide bonds. The van der Waals surface area contributed by atoms with Gasteiger partial charge in [0.15, 0.2) is 5.69 Å². The summed E-state index contributed by atoms with van der Waals surface area (Å²) in [5.41, 5.74) is 4.00. The van der Waals surface area contributed by atoms with Crippen LogP contribution in [-0.2, 0) is 13.0 Å². The van der Waals surface area contributed by atoms with E-state index in [-0.39, 0.29) is 5.91 Å². The normalized spacial score (nSPS) is 10.4. The molecule has 5 nitrogen and oxygen atoms in total. The van der Waals surface area contributed by atoms with Gasteiger partial charge in [-0.05, 0) is 43.0 Å². The predicted octanol–water partition coefficient (Wildman–Crippen LogP) is 3.76.